The molecule has 0 heterocycles. The molecule has 0 bridgehead atoms. The molecule has 3 N–H and O–H groups in total. The van der Waals surface area contributed by atoms with Crippen LogP contribution in [-0.4, -0.2) is 41.8 Å². The van der Waals surface area contributed by atoms with Crippen LogP contribution < -0.4 is 10.6 Å². The minimum atomic E-state index is -0.886. The van der Waals surface area contributed by atoms with Crippen molar-refractivity contribution in [2.45, 2.75) is 57.5 Å². The number of carboxylic acids is 1. The predicted octanol–water partition coefficient (Wildman–Crippen LogP) is 4.06. The molecule has 7 heteroatoms. The van der Waals surface area contributed by atoms with Gasteiger partial charge in [0.15, 0.2) is 0 Å². The highest BCUT2D eigenvalue weighted by atomic mass is 16.5. The zero-order valence-electron chi connectivity index (χ0n) is 18.5. The van der Waals surface area contributed by atoms with E-state index in [0.717, 1.165) is 22.3 Å². The molecule has 0 saturated carbocycles. The molecule has 2 unspecified atom stereocenters. The van der Waals surface area contributed by atoms with Crippen molar-refractivity contribution in [3.05, 3.63) is 59.7 Å². The highest BCUT2D eigenvalue weighted by molar-refractivity contribution is 5.79. The van der Waals surface area contributed by atoms with Gasteiger partial charge < -0.3 is 20.5 Å². The van der Waals surface area contributed by atoms with Crippen LogP contribution in [0.15, 0.2) is 48.5 Å². The fraction of sp³-hybridized carbons (Fsp3) is 0.400. The number of aliphatic carboxylic acids is 1. The summed E-state index contributed by atoms with van der Waals surface area (Å²) in [5.41, 5.74) is 4.60. The lowest BCUT2D eigenvalue weighted by atomic mass is 9.98. The molecule has 2 amide bonds. The predicted molar refractivity (Wildman–Crippen MR) is 121 cm³/mol. The lowest BCUT2D eigenvalue weighted by Crippen LogP contribution is -2.41. The van der Waals surface area contributed by atoms with Crippen LogP contribution in [0.4, 0.5) is 4.79 Å². The van der Waals surface area contributed by atoms with Gasteiger partial charge in [0.25, 0.3) is 0 Å². The summed E-state index contributed by atoms with van der Waals surface area (Å²) < 4.78 is 5.51. The minimum absolute atomic E-state index is 0.00629. The zero-order chi connectivity index (χ0) is 23.1. The normalized spacial score (nSPS) is 14.1. The summed E-state index contributed by atoms with van der Waals surface area (Å²) in [5, 5.41) is 14.3. The number of hydrogen-bond acceptors (Lipinski definition) is 4. The van der Waals surface area contributed by atoms with Crippen molar-refractivity contribution in [3.63, 3.8) is 0 Å². The molecule has 32 heavy (non-hydrogen) atoms. The first kappa shape index (κ1) is 23.3. The van der Waals surface area contributed by atoms with E-state index in [4.69, 9.17) is 9.84 Å². The summed E-state index contributed by atoms with van der Waals surface area (Å²) in [4.78, 5) is 35.3. The van der Waals surface area contributed by atoms with E-state index in [9.17, 15) is 14.4 Å². The lowest BCUT2D eigenvalue weighted by molar-refractivity contribution is -0.137. The van der Waals surface area contributed by atoms with Crippen LogP contribution in [0, 0.1) is 0 Å². The highest BCUT2D eigenvalue weighted by Gasteiger charge is 2.29. The maximum atomic E-state index is 12.3. The average Bonchev–Trinajstić information content (AvgIpc) is 3.08. The fourth-order valence-corrected chi connectivity index (χ4v) is 4.13. The second kappa shape index (κ2) is 10.8. The Morgan fingerprint density at radius 2 is 1.59 bits per heavy atom. The maximum Gasteiger partial charge on any atom is 0.407 e. The van der Waals surface area contributed by atoms with Gasteiger partial charge in [0.2, 0.25) is 5.91 Å². The van der Waals surface area contributed by atoms with Crippen LogP contribution in [-0.2, 0) is 14.3 Å². The molecule has 2 aromatic rings. The Bertz CT molecular complexity index is 929. The average molecular weight is 439 g/mol. The van der Waals surface area contributed by atoms with Gasteiger partial charge in [-0.1, -0.05) is 55.5 Å². The van der Waals surface area contributed by atoms with Crippen molar-refractivity contribution in [3.8, 4) is 11.1 Å². The molecular weight excluding hydrogens is 408 g/mol. The van der Waals surface area contributed by atoms with Crippen molar-refractivity contribution in [1.29, 1.82) is 0 Å². The molecule has 0 radical (unpaired) electrons. The van der Waals surface area contributed by atoms with Gasteiger partial charge in [-0.2, -0.15) is 0 Å². The summed E-state index contributed by atoms with van der Waals surface area (Å²) in [6.45, 7) is 3.84. The standard InChI is InChI=1S/C25H30N2O5/c1-3-17(12-13-24(29)30)27-23(28)14-16(2)26-25(31)32-15-22-20-10-6-4-8-18(20)19-9-5-7-11-21(19)22/h4-11,16-17,22H,3,12-15H2,1-2H3,(H,26,31)(H,27,28)(H,29,30). The Labute approximate surface area is 188 Å². The fourth-order valence-electron chi connectivity index (χ4n) is 4.13. The number of amides is 2. The number of carbonyl (C=O) groups excluding carboxylic acids is 2. The lowest BCUT2D eigenvalue weighted by Gasteiger charge is -2.19. The quantitative estimate of drug-likeness (QED) is 0.519. The Morgan fingerprint density at radius 1 is 1.00 bits per heavy atom. The molecular formula is C25H30N2O5. The van der Waals surface area contributed by atoms with Gasteiger partial charge in [-0.05, 0) is 42.0 Å². The van der Waals surface area contributed by atoms with Crippen molar-refractivity contribution >= 4 is 18.0 Å². The molecule has 3 rings (SSSR count). The van der Waals surface area contributed by atoms with Gasteiger partial charge in [0.1, 0.15) is 6.61 Å². The molecule has 0 aliphatic heterocycles. The number of carboxylic acid groups (broad SMARTS) is 1. The largest absolute Gasteiger partial charge is 0.481 e. The number of nitrogens with one attached hydrogen (secondary N) is 2. The summed E-state index contributed by atoms with van der Waals surface area (Å²) in [6.07, 6.45) is 0.559. The third kappa shape index (κ3) is 5.87. The van der Waals surface area contributed by atoms with E-state index >= 15 is 0 Å². The Hall–Kier alpha value is -3.35. The van der Waals surface area contributed by atoms with Crippen molar-refractivity contribution in [2.75, 3.05) is 6.61 Å². The molecule has 1 aliphatic carbocycles. The molecule has 0 fully saturated rings. The van der Waals surface area contributed by atoms with Gasteiger partial charge in [-0.15, -0.1) is 0 Å². The summed E-state index contributed by atoms with van der Waals surface area (Å²) in [7, 11) is 0. The van der Waals surface area contributed by atoms with Gasteiger partial charge in [-0.25, -0.2) is 4.79 Å². The van der Waals surface area contributed by atoms with E-state index in [0.29, 0.717) is 12.8 Å². The van der Waals surface area contributed by atoms with Gasteiger partial charge in [0, 0.05) is 30.8 Å². The summed E-state index contributed by atoms with van der Waals surface area (Å²) >= 11 is 0. The van der Waals surface area contributed by atoms with Crippen molar-refractivity contribution in [1.82, 2.24) is 10.6 Å². The molecule has 2 aromatic carbocycles. The van der Waals surface area contributed by atoms with Gasteiger partial charge in [-0.3, -0.25) is 9.59 Å². The number of ether oxygens (including phenoxy) is 1. The third-order valence-corrected chi connectivity index (χ3v) is 5.76. The molecule has 1 aliphatic rings. The molecule has 0 spiro atoms. The van der Waals surface area contributed by atoms with Crippen LogP contribution in [0.25, 0.3) is 11.1 Å². The van der Waals surface area contributed by atoms with Crippen LogP contribution >= 0.6 is 0 Å². The molecule has 170 valence electrons. The first-order valence-corrected chi connectivity index (χ1v) is 11.0. The SMILES string of the molecule is CCC(CCC(=O)O)NC(=O)CC(C)NC(=O)OCC1c2ccccc2-c2ccccc21. The molecule has 0 saturated heterocycles. The first-order chi connectivity index (χ1) is 15.4. The molecule has 0 aromatic heterocycles. The third-order valence-electron chi connectivity index (χ3n) is 5.76. The Morgan fingerprint density at radius 3 is 2.16 bits per heavy atom. The maximum absolute atomic E-state index is 12.3. The van der Waals surface area contributed by atoms with Crippen LogP contribution in [0.1, 0.15) is 56.6 Å². The van der Waals surface area contributed by atoms with Crippen LogP contribution in [0.3, 0.4) is 0 Å². The van der Waals surface area contributed by atoms with Gasteiger partial charge >= 0.3 is 12.1 Å². The number of rotatable bonds is 10. The van der Waals surface area contributed by atoms with Crippen LogP contribution in [0.5, 0.6) is 0 Å². The summed E-state index contributed by atoms with van der Waals surface area (Å²) in [6, 6.07) is 15.6. The van der Waals surface area contributed by atoms with Gasteiger partial charge in [0.05, 0.1) is 0 Å². The first-order valence-electron chi connectivity index (χ1n) is 11.0. The van der Waals surface area contributed by atoms with Crippen molar-refractivity contribution in [2.24, 2.45) is 0 Å². The van der Waals surface area contributed by atoms with Crippen LogP contribution in [0.2, 0.25) is 0 Å². The minimum Gasteiger partial charge on any atom is -0.481 e. The smallest absolute Gasteiger partial charge is 0.407 e. The monoisotopic (exact) mass is 438 g/mol. The second-order valence-corrected chi connectivity index (χ2v) is 8.18. The second-order valence-electron chi connectivity index (χ2n) is 8.18. The number of alkyl carbamates (subject to hydrolysis) is 1. The van der Waals surface area contributed by atoms with Crippen molar-refractivity contribution < 1.29 is 24.2 Å². The highest BCUT2D eigenvalue weighted by Crippen LogP contribution is 2.44. The number of benzene rings is 2. The van der Waals surface area contributed by atoms with E-state index in [-0.39, 0.29) is 37.3 Å². The van der Waals surface area contributed by atoms with E-state index in [2.05, 4.69) is 34.9 Å². The molecule has 7 nitrogen and oxygen atoms in total. The summed E-state index contributed by atoms with van der Waals surface area (Å²) in [5.74, 6) is -1.14. The number of fused-ring (bicyclic) bond motifs is 3. The Kier molecular flexibility index (Phi) is 7.87. The van der Waals surface area contributed by atoms with E-state index in [1.54, 1.807) is 6.92 Å². The van der Waals surface area contributed by atoms with E-state index in [1.165, 1.54) is 0 Å². The topological polar surface area (TPSA) is 105 Å². The zero-order valence-corrected chi connectivity index (χ0v) is 18.5. The van der Waals surface area contributed by atoms with E-state index in [1.807, 2.05) is 31.2 Å². The number of carbonyl (C=O) groups is 3. The Balaban J connectivity index is 1.49. The molecule has 2 atom stereocenters. The number of hydrogen-bond donors (Lipinski definition) is 3. The van der Waals surface area contributed by atoms with E-state index < -0.39 is 18.1 Å².